The molecule has 1 aromatic rings. The maximum Gasteiger partial charge on any atom is 0.157 e. The Morgan fingerprint density at radius 1 is 1.56 bits per heavy atom. The molecule has 4 heteroatoms. The number of ketones is 1. The largest absolute Gasteiger partial charge is 0.305 e. The Morgan fingerprint density at radius 3 is 2.89 bits per heavy atom. The van der Waals surface area contributed by atoms with Crippen molar-refractivity contribution < 1.29 is 9.18 Å². The van der Waals surface area contributed by atoms with Crippen LogP contribution in [0.5, 0.6) is 0 Å². The minimum Gasteiger partial charge on any atom is -0.305 e. The van der Waals surface area contributed by atoms with Crippen molar-refractivity contribution in [3.8, 4) is 0 Å². The lowest BCUT2D eigenvalue weighted by Gasteiger charge is -2.26. The zero-order valence-corrected chi connectivity index (χ0v) is 11.2. The van der Waals surface area contributed by atoms with Crippen LogP contribution in [-0.2, 0) is 11.2 Å². The summed E-state index contributed by atoms with van der Waals surface area (Å²) in [4.78, 5) is 12.4. The van der Waals surface area contributed by atoms with Crippen LogP contribution >= 0.6 is 11.6 Å². The lowest BCUT2D eigenvalue weighted by Crippen LogP contribution is -2.47. The zero-order valence-electron chi connectivity index (χ0n) is 10.4. The summed E-state index contributed by atoms with van der Waals surface area (Å²) in [6.45, 7) is 2.90. The van der Waals surface area contributed by atoms with E-state index in [4.69, 9.17) is 11.6 Å². The maximum atomic E-state index is 12.9. The van der Waals surface area contributed by atoms with Crippen LogP contribution in [0.4, 0.5) is 4.39 Å². The van der Waals surface area contributed by atoms with E-state index >= 15 is 0 Å². The summed E-state index contributed by atoms with van der Waals surface area (Å²) in [5.74, 6) is -0.226. The molecule has 1 atom stereocenters. The van der Waals surface area contributed by atoms with E-state index in [1.165, 1.54) is 12.1 Å². The zero-order chi connectivity index (χ0) is 13.2. The molecule has 98 valence electrons. The third-order valence-electron chi connectivity index (χ3n) is 3.75. The molecular formula is C14H17ClFNO. The molecule has 1 aromatic carbocycles. The first-order valence-corrected chi connectivity index (χ1v) is 6.67. The fourth-order valence-corrected chi connectivity index (χ4v) is 2.78. The summed E-state index contributed by atoms with van der Waals surface area (Å²) in [5, 5.41) is 3.63. The van der Waals surface area contributed by atoms with Gasteiger partial charge >= 0.3 is 0 Å². The third kappa shape index (κ3) is 2.57. The Bertz CT molecular complexity index is 455. The van der Waals surface area contributed by atoms with E-state index in [1.807, 2.05) is 6.92 Å². The predicted molar refractivity (Wildman–Crippen MR) is 70.4 cm³/mol. The summed E-state index contributed by atoms with van der Waals surface area (Å²) < 4.78 is 12.9. The molecule has 0 bridgehead atoms. The molecule has 0 spiro atoms. The Hall–Kier alpha value is -0.930. The van der Waals surface area contributed by atoms with Gasteiger partial charge in [-0.1, -0.05) is 24.6 Å². The van der Waals surface area contributed by atoms with Crippen molar-refractivity contribution in [2.24, 2.45) is 0 Å². The van der Waals surface area contributed by atoms with Crippen molar-refractivity contribution in [2.75, 3.05) is 6.54 Å². The second kappa shape index (κ2) is 5.37. The van der Waals surface area contributed by atoms with Gasteiger partial charge in [-0.05, 0) is 43.5 Å². The molecule has 1 aliphatic heterocycles. The first-order chi connectivity index (χ1) is 8.57. The average molecular weight is 270 g/mol. The smallest absolute Gasteiger partial charge is 0.157 e. The van der Waals surface area contributed by atoms with Gasteiger partial charge in [0, 0.05) is 11.4 Å². The van der Waals surface area contributed by atoms with Gasteiger partial charge in [0.1, 0.15) is 5.82 Å². The van der Waals surface area contributed by atoms with Gasteiger partial charge in [-0.2, -0.15) is 0 Å². The van der Waals surface area contributed by atoms with E-state index in [0.717, 1.165) is 25.8 Å². The maximum absolute atomic E-state index is 12.9. The molecule has 0 aromatic heterocycles. The van der Waals surface area contributed by atoms with Crippen LogP contribution in [0, 0.1) is 5.82 Å². The van der Waals surface area contributed by atoms with Crippen molar-refractivity contribution in [1.29, 1.82) is 0 Å². The number of nitrogens with one attached hydrogen (secondary N) is 1. The first kappa shape index (κ1) is 13.5. The number of hydrogen-bond acceptors (Lipinski definition) is 2. The van der Waals surface area contributed by atoms with Gasteiger partial charge in [0.15, 0.2) is 5.78 Å². The normalized spacial score (nSPS) is 23.3. The number of benzene rings is 1. The Labute approximate surface area is 112 Å². The summed E-state index contributed by atoms with van der Waals surface area (Å²) in [5.41, 5.74) is 0.294. The summed E-state index contributed by atoms with van der Waals surface area (Å²) >= 11 is 5.96. The Morgan fingerprint density at radius 2 is 2.33 bits per heavy atom. The van der Waals surface area contributed by atoms with Gasteiger partial charge in [0.05, 0.1) is 5.54 Å². The van der Waals surface area contributed by atoms with E-state index in [9.17, 15) is 9.18 Å². The minimum atomic E-state index is -0.405. The van der Waals surface area contributed by atoms with Gasteiger partial charge in [0.25, 0.3) is 0 Å². The SMILES string of the molecule is CCC1(C(=O)Cc2ccc(F)cc2Cl)CCCN1. The van der Waals surface area contributed by atoms with Crippen LogP contribution < -0.4 is 5.32 Å². The number of rotatable bonds is 4. The molecule has 1 saturated heterocycles. The number of carbonyl (C=O) groups is 1. The number of carbonyl (C=O) groups excluding carboxylic acids is 1. The van der Waals surface area contributed by atoms with Crippen LogP contribution in [0.25, 0.3) is 0 Å². The first-order valence-electron chi connectivity index (χ1n) is 6.29. The van der Waals surface area contributed by atoms with Crippen LogP contribution in [0.15, 0.2) is 18.2 Å². The molecule has 2 nitrogen and oxygen atoms in total. The van der Waals surface area contributed by atoms with Crippen molar-refractivity contribution in [2.45, 2.75) is 38.1 Å². The topological polar surface area (TPSA) is 29.1 Å². The second-order valence-corrected chi connectivity index (χ2v) is 5.21. The number of hydrogen-bond donors (Lipinski definition) is 1. The minimum absolute atomic E-state index is 0.149. The monoisotopic (exact) mass is 269 g/mol. The van der Waals surface area contributed by atoms with Crippen molar-refractivity contribution in [3.05, 3.63) is 34.6 Å². The van der Waals surface area contributed by atoms with E-state index in [-0.39, 0.29) is 18.0 Å². The highest BCUT2D eigenvalue weighted by atomic mass is 35.5. The predicted octanol–water partition coefficient (Wildman–Crippen LogP) is 3.12. The van der Waals surface area contributed by atoms with Crippen LogP contribution in [0.3, 0.4) is 0 Å². The van der Waals surface area contributed by atoms with E-state index < -0.39 is 5.54 Å². The lowest BCUT2D eigenvalue weighted by molar-refractivity contribution is -0.124. The van der Waals surface area contributed by atoms with Gasteiger partial charge in [-0.25, -0.2) is 4.39 Å². The summed E-state index contributed by atoms with van der Waals surface area (Å²) in [7, 11) is 0. The van der Waals surface area contributed by atoms with E-state index in [1.54, 1.807) is 6.07 Å². The van der Waals surface area contributed by atoms with Crippen LogP contribution in [-0.4, -0.2) is 17.9 Å². The summed E-state index contributed by atoms with van der Waals surface area (Å²) in [6.07, 6.45) is 2.95. The van der Waals surface area contributed by atoms with Crippen molar-refractivity contribution in [3.63, 3.8) is 0 Å². The summed E-state index contributed by atoms with van der Waals surface area (Å²) in [6, 6.07) is 4.19. The molecule has 1 N–H and O–H groups in total. The highest BCUT2D eigenvalue weighted by Crippen LogP contribution is 2.27. The molecule has 1 unspecified atom stereocenters. The van der Waals surface area contributed by atoms with Gasteiger partial charge in [-0.3, -0.25) is 4.79 Å². The quantitative estimate of drug-likeness (QED) is 0.910. The standard InChI is InChI=1S/C14H17ClFNO/c1-2-14(6-3-7-17-14)13(18)8-10-4-5-11(16)9-12(10)15/h4-5,9,17H,2-3,6-8H2,1H3. The number of halogens is 2. The van der Waals surface area contributed by atoms with Gasteiger partial charge in [0.2, 0.25) is 0 Å². The van der Waals surface area contributed by atoms with Gasteiger partial charge < -0.3 is 5.32 Å². The molecule has 0 saturated carbocycles. The van der Waals surface area contributed by atoms with Crippen LogP contribution in [0.2, 0.25) is 5.02 Å². The van der Waals surface area contributed by atoms with Gasteiger partial charge in [-0.15, -0.1) is 0 Å². The molecule has 2 rings (SSSR count). The highest BCUT2D eigenvalue weighted by Gasteiger charge is 2.38. The Kier molecular flexibility index (Phi) is 4.03. The second-order valence-electron chi connectivity index (χ2n) is 4.80. The molecule has 0 amide bonds. The average Bonchev–Trinajstić information content (AvgIpc) is 2.82. The molecule has 0 aliphatic carbocycles. The van der Waals surface area contributed by atoms with Crippen LogP contribution in [0.1, 0.15) is 31.7 Å². The third-order valence-corrected chi connectivity index (χ3v) is 4.10. The van der Waals surface area contributed by atoms with E-state index in [0.29, 0.717) is 10.6 Å². The molecule has 0 radical (unpaired) electrons. The molecule has 1 fully saturated rings. The fraction of sp³-hybridized carbons (Fsp3) is 0.500. The van der Waals surface area contributed by atoms with Crippen molar-refractivity contribution in [1.82, 2.24) is 5.32 Å². The Balaban J connectivity index is 2.15. The molecule has 1 aliphatic rings. The van der Waals surface area contributed by atoms with Crippen molar-refractivity contribution >= 4 is 17.4 Å². The molecule has 18 heavy (non-hydrogen) atoms. The molecular weight excluding hydrogens is 253 g/mol. The molecule has 1 heterocycles. The van der Waals surface area contributed by atoms with E-state index in [2.05, 4.69) is 5.32 Å². The fourth-order valence-electron chi connectivity index (χ4n) is 2.55. The number of Topliss-reactive ketones (excluding diaryl/α,β-unsaturated/α-hetero) is 1. The lowest BCUT2D eigenvalue weighted by atomic mass is 9.86. The highest BCUT2D eigenvalue weighted by molar-refractivity contribution is 6.31.